The van der Waals surface area contributed by atoms with Gasteiger partial charge in [0.25, 0.3) is 0 Å². The van der Waals surface area contributed by atoms with Crippen LogP contribution in [0.3, 0.4) is 0 Å². The van der Waals surface area contributed by atoms with Gasteiger partial charge in [-0.1, -0.05) is 0 Å². The van der Waals surface area contributed by atoms with Crippen molar-refractivity contribution in [2.24, 2.45) is 5.73 Å². The molecule has 1 aromatic carbocycles. The van der Waals surface area contributed by atoms with Crippen LogP contribution < -0.4 is 19.9 Å². The molecule has 1 aromatic heterocycles. The molecule has 2 N–H and O–H groups in total. The first-order valence-electron chi connectivity index (χ1n) is 5.74. The molecule has 5 heteroatoms. The molecule has 0 spiro atoms. The summed E-state index contributed by atoms with van der Waals surface area (Å²) < 4.78 is 18.2. The predicted octanol–water partition coefficient (Wildman–Crippen LogP) is 1.63. The van der Waals surface area contributed by atoms with E-state index in [2.05, 4.69) is 4.57 Å². The molecule has 0 fully saturated rings. The lowest BCUT2D eigenvalue weighted by Crippen LogP contribution is -2.08. The van der Waals surface area contributed by atoms with Crippen LogP contribution in [0.25, 0.3) is 10.9 Å². The number of hydrogen-bond donors (Lipinski definition) is 1. The standard InChI is InChI=1S/C13H18N2O3/c1-16-11-8-10-9(4-6-15(10)7-5-14)12(17-2)13(11)18-3/h4,6,8H,5,7,14H2,1-3H3. The molecule has 0 saturated heterocycles. The Labute approximate surface area is 106 Å². The quantitative estimate of drug-likeness (QED) is 0.876. The van der Waals surface area contributed by atoms with Crippen LogP contribution in [0.2, 0.25) is 0 Å². The molecule has 2 aromatic rings. The topological polar surface area (TPSA) is 58.6 Å². The van der Waals surface area contributed by atoms with Crippen molar-refractivity contribution in [3.63, 3.8) is 0 Å². The van der Waals surface area contributed by atoms with Gasteiger partial charge in [0.2, 0.25) is 5.75 Å². The molecule has 0 atom stereocenters. The van der Waals surface area contributed by atoms with Gasteiger partial charge >= 0.3 is 0 Å². The van der Waals surface area contributed by atoms with Gasteiger partial charge in [0.15, 0.2) is 11.5 Å². The Kier molecular flexibility index (Phi) is 3.62. The number of methoxy groups -OCH3 is 3. The first-order valence-corrected chi connectivity index (χ1v) is 5.74. The van der Waals surface area contributed by atoms with Gasteiger partial charge in [-0.3, -0.25) is 0 Å². The third-order valence-electron chi connectivity index (χ3n) is 2.95. The Morgan fingerprint density at radius 1 is 1.11 bits per heavy atom. The van der Waals surface area contributed by atoms with Crippen LogP contribution in [-0.4, -0.2) is 32.4 Å². The fourth-order valence-corrected chi connectivity index (χ4v) is 2.14. The summed E-state index contributed by atoms with van der Waals surface area (Å²) >= 11 is 0. The number of hydrogen-bond acceptors (Lipinski definition) is 4. The molecule has 18 heavy (non-hydrogen) atoms. The first-order chi connectivity index (χ1) is 8.76. The normalized spacial score (nSPS) is 10.7. The molecule has 2 rings (SSSR count). The van der Waals surface area contributed by atoms with E-state index in [1.54, 1.807) is 21.3 Å². The fraction of sp³-hybridized carbons (Fsp3) is 0.385. The second-order valence-corrected chi connectivity index (χ2v) is 3.88. The molecule has 5 nitrogen and oxygen atoms in total. The van der Waals surface area contributed by atoms with E-state index in [0.29, 0.717) is 23.8 Å². The van der Waals surface area contributed by atoms with E-state index >= 15 is 0 Å². The van der Waals surface area contributed by atoms with E-state index < -0.39 is 0 Å². The third-order valence-corrected chi connectivity index (χ3v) is 2.95. The number of ether oxygens (including phenoxy) is 3. The van der Waals surface area contributed by atoms with Crippen molar-refractivity contribution in [2.75, 3.05) is 27.9 Å². The molecule has 0 unspecified atom stereocenters. The highest BCUT2D eigenvalue weighted by Gasteiger charge is 2.17. The molecule has 1 heterocycles. The minimum atomic E-state index is 0.584. The van der Waals surface area contributed by atoms with Crippen LogP contribution in [-0.2, 0) is 6.54 Å². The molecule has 0 saturated carbocycles. The van der Waals surface area contributed by atoms with Crippen LogP contribution in [0.5, 0.6) is 17.2 Å². The largest absolute Gasteiger partial charge is 0.493 e. The van der Waals surface area contributed by atoms with Crippen molar-refractivity contribution >= 4 is 10.9 Å². The summed E-state index contributed by atoms with van der Waals surface area (Å²) in [5.41, 5.74) is 6.62. The Hall–Kier alpha value is -1.88. The van der Waals surface area contributed by atoms with Crippen LogP contribution in [0.1, 0.15) is 0 Å². The molecule has 98 valence electrons. The number of nitrogens with two attached hydrogens (primary N) is 1. The number of benzene rings is 1. The van der Waals surface area contributed by atoms with Crippen LogP contribution in [0.15, 0.2) is 18.3 Å². The maximum atomic E-state index is 5.60. The van der Waals surface area contributed by atoms with Crippen molar-refractivity contribution in [1.29, 1.82) is 0 Å². The highest BCUT2D eigenvalue weighted by molar-refractivity contribution is 5.91. The summed E-state index contributed by atoms with van der Waals surface area (Å²) in [4.78, 5) is 0. The SMILES string of the molecule is COc1cc2c(ccn2CCN)c(OC)c1OC. The summed E-state index contributed by atoms with van der Waals surface area (Å²) in [6.07, 6.45) is 1.99. The Morgan fingerprint density at radius 3 is 2.39 bits per heavy atom. The average molecular weight is 250 g/mol. The maximum Gasteiger partial charge on any atom is 0.204 e. The van der Waals surface area contributed by atoms with Crippen molar-refractivity contribution in [2.45, 2.75) is 6.54 Å². The first kappa shape index (κ1) is 12.6. The number of rotatable bonds is 5. The lowest BCUT2D eigenvalue weighted by atomic mass is 10.2. The Morgan fingerprint density at radius 2 is 1.83 bits per heavy atom. The van der Waals surface area contributed by atoms with Gasteiger partial charge in [-0.2, -0.15) is 0 Å². The predicted molar refractivity (Wildman–Crippen MR) is 70.6 cm³/mol. The molecule has 0 aliphatic heterocycles. The lowest BCUT2D eigenvalue weighted by Gasteiger charge is -2.14. The molecular weight excluding hydrogens is 232 g/mol. The lowest BCUT2D eigenvalue weighted by molar-refractivity contribution is 0.327. The highest BCUT2D eigenvalue weighted by atomic mass is 16.5. The smallest absolute Gasteiger partial charge is 0.204 e. The number of nitrogens with zero attached hydrogens (tertiary/aromatic N) is 1. The van der Waals surface area contributed by atoms with E-state index in [9.17, 15) is 0 Å². The fourth-order valence-electron chi connectivity index (χ4n) is 2.14. The van der Waals surface area contributed by atoms with E-state index in [4.69, 9.17) is 19.9 Å². The van der Waals surface area contributed by atoms with Crippen molar-refractivity contribution in [3.05, 3.63) is 18.3 Å². The summed E-state index contributed by atoms with van der Waals surface area (Å²) in [6.45, 7) is 1.34. The van der Waals surface area contributed by atoms with Crippen molar-refractivity contribution in [1.82, 2.24) is 4.57 Å². The zero-order valence-corrected chi connectivity index (χ0v) is 10.9. The molecular formula is C13H18N2O3. The Bertz CT molecular complexity index is 549. The number of fused-ring (bicyclic) bond motifs is 1. The molecule has 0 aliphatic carbocycles. The summed E-state index contributed by atoms with van der Waals surface area (Å²) in [5.74, 6) is 1.94. The van der Waals surface area contributed by atoms with Crippen LogP contribution in [0, 0.1) is 0 Å². The maximum absolute atomic E-state index is 5.60. The van der Waals surface area contributed by atoms with Crippen molar-refractivity contribution < 1.29 is 14.2 Å². The molecule has 0 aliphatic rings. The van der Waals surface area contributed by atoms with Gasteiger partial charge in [0, 0.05) is 30.7 Å². The zero-order chi connectivity index (χ0) is 13.1. The van der Waals surface area contributed by atoms with E-state index in [1.807, 2.05) is 18.3 Å². The Balaban J connectivity index is 2.72. The minimum Gasteiger partial charge on any atom is -0.493 e. The second-order valence-electron chi connectivity index (χ2n) is 3.88. The second kappa shape index (κ2) is 5.18. The monoisotopic (exact) mass is 250 g/mol. The zero-order valence-electron chi connectivity index (χ0n) is 10.9. The van der Waals surface area contributed by atoms with Gasteiger partial charge < -0.3 is 24.5 Å². The summed E-state index contributed by atoms with van der Waals surface area (Å²) in [7, 11) is 4.83. The molecule has 0 amide bonds. The van der Waals surface area contributed by atoms with Gasteiger partial charge in [-0.15, -0.1) is 0 Å². The van der Waals surface area contributed by atoms with Crippen molar-refractivity contribution in [3.8, 4) is 17.2 Å². The van der Waals surface area contributed by atoms with E-state index in [1.165, 1.54) is 0 Å². The van der Waals surface area contributed by atoms with Gasteiger partial charge in [0.1, 0.15) is 0 Å². The number of aromatic nitrogens is 1. The highest BCUT2D eigenvalue weighted by Crippen LogP contribution is 2.43. The minimum absolute atomic E-state index is 0.584. The average Bonchev–Trinajstić information content (AvgIpc) is 2.79. The van der Waals surface area contributed by atoms with Gasteiger partial charge in [-0.05, 0) is 6.07 Å². The summed E-state index contributed by atoms with van der Waals surface area (Å²) in [6, 6.07) is 3.93. The van der Waals surface area contributed by atoms with Gasteiger partial charge in [0.05, 0.1) is 26.8 Å². The third kappa shape index (κ3) is 1.86. The van der Waals surface area contributed by atoms with E-state index in [-0.39, 0.29) is 0 Å². The summed E-state index contributed by atoms with van der Waals surface area (Å²) in [5, 5.41) is 0.989. The molecule has 0 radical (unpaired) electrons. The molecule has 0 bridgehead atoms. The van der Waals surface area contributed by atoms with Gasteiger partial charge in [-0.25, -0.2) is 0 Å². The van der Waals surface area contributed by atoms with E-state index in [0.717, 1.165) is 17.4 Å². The van der Waals surface area contributed by atoms with Crippen LogP contribution in [0.4, 0.5) is 0 Å². The van der Waals surface area contributed by atoms with Crippen LogP contribution >= 0.6 is 0 Å².